The molecule has 0 fully saturated rings. The van der Waals surface area contributed by atoms with Crippen LogP contribution in [0.5, 0.6) is 0 Å². The summed E-state index contributed by atoms with van der Waals surface area (Å²) in [6.45, 7) is 3.55. The van der Waals surface area contributed by atoms with Gasteiger partial charge in [-0.15, -0.1) is 0 Å². The number of nitrogens with zero attached hydrogens (tertiary/aromatic N) is 1. The number of halogens is 1. The van der Waals surface area contributed by atoms with Crippen LogP contribution in [0.15, 0.2) is 12.1 Å². The Hall–Kier alpha value is -2.22. The van der Waals surface area contributed by atoms with Crippen molar-refractivity contribution in [1.82, 2.24) is 5.32 Å². The van der Waals surface area contributed by atoms with Gasteiger partial charge in [-0.05, 0) is 19.9 Å². The lowest BCUT2D eigenvalue weighted by atomic mass is 10.1. The van der Waals surface area contributed by atoms with Crippen molar-refractivity contribution in [1.29, 1.82) is 0 Å². The van der Waals surface area contributed by atoms with Crippen LogP contribution in [0.2, 0.25) is 0 Å². The number of nitro benzene ring substituents is 1. The Kier molecular flexibility index (Phi) is 4.61. The summed E-state index contributed by atoms with van der Waals surface area (Å²) >= 11 is 0. The van der Waals surface area contributed by atoms with Crippen LogP contribution in [0.1, 0.15) is 24.2 Å². The largest absolute Gasteiger partial charge is 0.392 e. The summed E-state index contributed by atoms with van der Waals surface area (Å²) in [5.74, 6) is -1.74. The third-order valence-corrected chi connectivity index (χ3v) is 2.82. The number of amides is 1. The molecule has 0 aliphatic carbocycles. The molecule has 0 radical (unpaired) electrons. The number of carbonyl (C=O) groups is 1. The quantitative estimate of drug-likeness (QED) is 0.484. The topological polar surface area (TPSA) is 107 Å². The zero-order valence-corrected chi connectivity index (χ0v) is 11.4. The van der Waals surface area contributed by atoms with E-state index in [1.165, 1.54) is 7.11 Å². The molecular formula is C12H16FN3O4. The molecule has 1 rings (SSSR count). The second-order valence-corrected chi connectivity index (χ2v) is 4.76. The molecule has 1 amide bonds. The van der Waals surface area contributed by atoms with Crippen molar-refractivity contribution in [3.8, 4) is 0 Å². The molecule has 8 heteroatoms. The Morgan fingerprint density at radius 2 is 2.15 bits per heavy atom. The number of nitrogens with one attached hydrogen (secondary N) is 1. The first-order valence-corrected chi connectivity index (χ1v) is 5.75. The molecule has 0 saturated carbocycles. The molecule has 3 N–H and O–H groups in total. The predicted molar refractivity (Wildman–Crippen MR) is 70.9 cm³/mol. The van der Waals surface area contributed by atoms with Crippen LogP contribution >= 0.6 is 0 Å². The molecule has 1 aromatic rings. The number of hydrogen-bond acceptors (Lipinski definition) is 5. The van der Waals surface area contributed by atoms with Gasteiger partial charge in [0.25, 0.3) is 11.6 Å². The van der Waals surface area contributed by atoms with Gasteiger partial charge in [0.2, 0.25) is 0 Å². The van der Waals surface area contributed by atoms with Crippen molar-refractivity contribution in [2.24, 2.45) is 0 Å². The highest BCUT2D eigenvalue weighted by Crippen LogP contribution is 2.27. The highest BCUT2D eigenvalue weighted by atomic mass is 19.1. The number of anilines is 1. The molecule has 1 aromatic carbocycles. The first kappa shape index (κ1) is 15.8. The second kappa shape index (κ2) is 5.83. The lowest BCUT2D eigenvalue weighted by molar-refractivity contribution is -0.384. The summed E-state index contributed by atoms with van der Waals surface area (Å²) in [4.78, 5) is 21.9. The Labute approximate surface area is 115 Å². The monoisotopic (exact) mass is 285 g/mol. The van der Waals surface area contributed by atoms with E-state index in [1.54, 1.807) is 13.8 Å². The van der Waals surface area contributed by atoms with Crippen molar-refractivity contribution >= 4 is 17.3 Å². The second-order valence-electron chi connectivity index (χ2n) is 4.76. The lowest BCUT2D eigenvalue weighted by Gasteiger charge is -2.23. The highest BCUT2D eigenvalue weighted by molar-refractivity contribution is 6.01. The Morgan fingerprint density at radius 3 is 2.65 bits per heavy atom. The van der Waals surface area contributed by atoms with E-state index in [9.17, 15) is 19.3 Å². The minimum atomic E-state index is -0.916. The van der Waals surface area contributed by atoms with Crippen molar-refractivity contribution in [2.45, 2.75) is 19.4 Å². The summed E-state index contributed by atoms with van der Waals surface area (Å²) in [5, 5.41) is 13.2. The van der Waals surface area contributed by atoms with E-state index in [4.69, 9.17) is 10.5 Å². The average molecular weight is 285 g/mol. The molecule has 0 unspecified atom stereocenters. The number of nitrogens with two attached hydrogens (primary N) is 1. The van der Waals surface area contributed by atoms with E-state index in [0.717, 1.165) is 12.1 Å². The fraction of sp³-hybridized carbons (Fsp3) is 0.417. The van der Waals surface area contributed by atoms with Crippen molar-refractivity contribution in [3.63, 3.8) is 0 Å². The number of carbonyl (C=O) groups excluding carboxylic acids is 1. The van der Waals surface area contributed by atoms with Gasteiger partial charge in [0.15, 0.2) is 0 Å². The normalized spacial score (nSPS) is 11.2. The first-order valence-electron chi connectivity index (χ1n) is 5.75. The fourth-order valence-electron chi connectivity index (χ4n) is 1.43. The van der Waals surface area contributed by atoms with Gasteiger partial charge in [0.05, 0.1) is 10.5 Å². The molecule has 0 aliphatic rings. The van der Waals surface area contributed by atoms with Crippen LogP contribution in [0.4, 0.5) is 15.8 Å². The van der Waals surface area contributed by atoms with Gasteiger partial charge in [-0.3, -0.25) is 14.9 Å². The van der Waals surface area contributed by atoms with Crippen LogP contribution in [-0.2, 0) is 4.74 Å². The molecule has 110 valence electrons. The maximum Gasteiger partial charge on any atom is 0.293 e. The number of nitro groups is 1. The van der Waals surface area contributed by atoms with Crippen molar-refractivity contribution in [3.05, 3.63) is 33.6 Å². The SMILES string of the molecule is COC(C)(C)CNC(=O)c1c(F)ccc([N+](=O)[O-])c1N. The van der Waals surface area contributed by atoms with E-state index in [1.807, 2.05) is 0 Å². The average Bonchev–Trinajstić information content (AvgIpc) is 2.36. The Balaban J connectivity index is 3.04. The van der Waals surface area contributed by atoms with E-state index in [0.29, 0.717) is 0 Å². The van der Waals surface area contributed by atoms with Crippen LogP contribution in [0.3, 0.4) is 0 Å². The molecule has 0 atom stereocenters. The Bertz CT molecular complexity index is 546. The van der Waals surface area contributed by atoms with E-state index in [2.05, 4.69) is 5.32 Å². The molecule has 0 aliphatic heterocycles. The summed E-state index contributed by atoms with van der Waals surface area (Å²) in [7, 11) is 1.47. The van der Waals surface area contributed by atoms with Gasteiger partial charge in [-0.1, -0.05) is 0 Å². The molecule has 0 heterocycles. The minimum absolute atomic E-state index is 0.101. The van der Waals surface area contributed by atoms with E-state index in [-0.39, 0.29) is 6.54 Å². The molecule has 0 spiro atoms. The van der Waals surface area contributed by atoms with Crippen LogP contribution < -0.4 is 11.1 Å². The number of ether oxygens (including phenoxy) is 1. The van der Waals surface area contributed by atoms with Gasteiger partial charge in [-0.2, -0.15) is 0 Å². The maximum absolute atomic E-state index is 13.7. The van der Waals surface area contributed by atoms with Gasteiger partial charge in [0, 0.05) is 19.7 Å². The van der Waals surface area contributed by atoms with Gasteiger partial charge >= 0.3 is 0 Å². The number of methoxy groups -OCH3 is 1. The third-order valence-electron chi connectivity index (χ3n) is 2.82. The number of nitrogen functional groups attached to an aromatic ring is 1. The smallest absolute Gasteiger partial charge is 0.293 e. The molecular weight excluding hydrogens is 269 g/mol. The standard InChI is InChI=1S/C12H16FN3O4/c1-12(2,20-3)6-15-11(17)9-7(13)4-5-8(10(9)14)16(18)19/h4-5H,6,14H2,1-3H3,(H,15,17). The third kappa shape index (κ3) is 3.41. The molecule has 0 saturated heterocycles. The summed E-state index contributed by atoms with van der Waals surface area (Å²) in [6, 6.07) is 1.76. The summed E-state index contributed by atoms with van der Waals surface area (Å²) in [5.41, 5.74) is 3.29. The van der Waals surface area contributed by atoms with Crippen LogP contribution in [0, 0.1) is 15.9 Å². The summed E-state index contributed by atoms with van der Waals surface area (Å²) in [6.07, 6.45) is 0. The lowest BCUT2D eigenvalue weighted by Crippen LogP contribution is -2.40. The predicted octanol–water partition coefficient (Wildman–Crippen LogP) is 1.47. The van der Waals surface area contributed by atoms with Crippen molar-refractivity contribution < 1.29 is 18.8 Å². The van der Waals surface area contributed by atoms with Crippen LogP contribution in [-0.4, -0.2) is 30.1 Å². The van der Waals surface area contributed by atoms with E-state index >= 15 is 0 Å². The highest BCUT2D eigenvalue weighted by Gasteiger charge is 2.25. The number of rotatable bonds is 5. The molecule has 20 heavy (non-hydrogen) atoms. The first-order chi connectivity index (χ1) is 9.19. The molecule has 0 aromatic heterocycles. The van der Waals surface area contributed by atoms with Gasteiger partial charge in [0.1, 0.15) is 17.1 Å². The zero-order valence-electron chi connectivity index (χ0n) is 11.4. The Morgan fingerprint density at radius 1 is 1.55 bits per heavy atom. The van der Waals surface area contributed by atoms with Crippen molar-refractivity contribution in [2.75, 3.05) is 19.4 Å². The van der Waals surface area contributed by atoms with E-state index < -0.39 is 39.2 Å². The molecule has 0 bridgehead atoms. The minimum Gasteiger partial charge on any atom is -0.392 e. The number of benzene rings is 1. The number of hydrogen-bond donors (Lipinski definition) is 2. The van der Waals surface area contributed by atoms with Gasteiger partial charge < -0.3 is 15.8 Å². The fourth-order valence-corrected chi connectivity index (χ4v) is 1.43. The zero-order chi connectivity index (χ0) is 15.5. The maximum atomic E-state index is 13.7. The summed E-state index contributed by atoms with van der Waals surface area (Å²) < 4.78 is 18.7. The van der Waals surface area contributed by atoms with Gasteiger partial charge in [-0.25, -0.2) is 4.39 Å². The molecule has 7 nitrogen and oxygen atoms in total. The van der Waals surface area contributed by atoms with Crippen LogP contribution in [0.25, 0.3) is 0 Å².